The molecule has 0 radical (unpaired) electrons. The van der Waals surface area contributed by atoms with Gasteiger partial charge < -0.3 is 9.80 Å². The summed E-state index contributed by atoms with van der Waals surface area (Å²) in [6.45, 7) is 11.9. The molecule has 0 amide bonds. The molecule has 0 atom stereocenters. The van der Waals surface area contributed by atoms with E-state index < -0.39 is 5.67 Å². The van der Waals surface area contributed by atoms with Crippen molar-refractivity contribution in [2.24, 2.45) is 5.92 Å². The number of rotatable bonds is 8. The van der Waals surface area contributed by atoms with E-state index >= 15 is 0 Å². The highest BCUT2D eigenvalue weighted by atomic mass is 19.1. The van der Waals surface area contributed by atoms with Crippen LogP contribution in [0.2, 0.25) is 0 Å². The zero-order valence-electron chi connectivity index (χ0n) is 20.8. The van der Waals surface area contributed by atoms with Crippen LogP contribution in [0.15, 0.2) is 43.1 Å². The van der Waals surface area contributed by atoms with Crippen LogP contribution >= 0.6 is 0 Å². The SMILES string of the molecule is C=C(c1ccc(-c2ccc(CCC3CCN(CC(C)(C)F)CC3)nc2)cc1F)N1CCCCC1. The zero-order valence-corrected chi connectivity index (χ0v) is 20.8. The number of pyridine rings is 1. The molecular weight excluding hydrogens is 428 g/mol. The number of likely N-dealkylation sites (tertiary alicyclic amines) is 2. The third kappa shape index (κ3) is 6.65. The van der Waals surface area contributed by atoms with Gasteiger partial charge in [0.2, 0.25) is 0 Å². The third-order valence-corrected chi connectivity index (χ3v) is 7.29. The van der Waals surface area contributed by atoms with Gasteiger partial charge >= 0.3 is 0 Å². The van der Waals surface area contributed by atoms with E-state index in [4.69, 9.17) is 0 Å². The molecule has 3 nitrogen and oxygen atoms in total. The summed E-state index contributed by atoms with van der Waals surface area (Å²) in [5.74, 6) is 0.453. The average Bonchev–Trinajstić information content (AvgIpc) is 2.83. The maximum absolute atomic E-state index is 14.9. The lowest BCUT2D eigenvalue weighted by atomic mass is 9.91. The van der Waals surface area contributed by atoms with E-state index in [2.05, 4.69) is 27.4 Å². The van der Waals surface area contributed by atoms with Crippen LogP contribution in [0.3, 0.4) is 0 Å². The first-order chi connectivity index (χ1) is 16.3. The van der Waals surface area contributed by atoms with Gasteiger partial charge in [-0.25, -0.2) is 8.78 Å². The standard InChI is InChI=1S/C29H39F2N3/c1-22(34-15-5-4-6-16-34)27-12-9-24(19-28(27)30)25-8-11-26(32-20-25)10-7-23-13-17-33(18-14-23)21-29(2,3)31/h8-9,11-12,19-20,23H,1,4-7,10,13-18,21H2,2-3H3. The fraction of sp³-hybridized carbons (Fsp3) is 0.552. The number of aryl methyl sites for hydroxylation is 1. The fourth-order valence-electron chi connectivity index (χ4n) is 5.32. The van der Waals surface area contributed by atoms with E-state index in [1.165, 1.54) is 6.42 Å². The van der Waals surface area contributed by atoms with Crippen molar-refractivity contribution in [3.8, 4) is 11.1 Å². The first kappa shape index (κ1) is 24.8. The highest BCUT2D eigenvalue weighted by molar-refractivity contribution is 5.69. The molecule has 184 valence electrons. The Morgan fingerprint density at radius 2 is 1.74 bits per heavy atom. The summed E-state index contributed by atoms with van der Waals surface area (Å²) in [5.41, 5.74) is 3.11. The van der Waals surface area contributed by atoms with Crippen LogP contribution in [0.1, 0.15) is 63.6 Å². The molecule has 2 fully saturated rings. The van der Waals surface area contributed by atoms with E-state index in [1.807, 2.05) is 24.4 Å². The molecule has 0 bridgehead atoms. The second kappa shape index (κ2) is 11.0. The van der Waals surface area contributed by atoms with E-state index in [-0.39, 0.29) is 5.82 Å². The van der Waals surface area contributed by atoms with Crippen LogP contribution in [0, 0.1) is 11.7 Å². The van der Waals surface area contributed by atoms with Crippen molar-refractivity contribution in [2.45, 2.75) is 64.5 Å². The Labute approximate surface area is 203 Å². The van der Waals surface area contributed by atoms with Gasteiger partial charge in [0.1, 0.15) is 11.5 Å². The molecule has 5 heteroatoms. The van der Waals surface area contributed by atoms with Crippen molar-refractivity contribution >= 4 is 5.70 Å². The molecule has 2 aromatic rings. The number of alkyl halides is 1. The normalized spacial score (nSPS) is 18.3. The van der Waals surface area contributed by atoms with Gasteiger partial charge in [-0.1, -0.05) is 18.7 Å². The second-order valence-electron chi connectivity index (χ2n) is 10.7. The number of halogens is 2. The molecule has 0 saturated carbocycles. The molecule has 4 rings (SSSR count). The van der Waals surface area contributed by atoms with Crippen molar-refractivity contribution in [3.05, 3.63) is 60.2 Å². The molecule has 34 heavy (non-hydrogen) atoms. The van der Waals surface area contributed by atoms with Crippen molar-refractivity contribution < 1.29 is 8.78 Å². The van der Waals surface area contributed by atoms with E-state index in [9.17, 15) is 8.78 Å². The lowest BCUT2D eigenvalue weighted by Gasteiger charge is -2.34. The Morgan fingerprint density at radius 3 is 2.35 bits per heavy atom. The predicted octanol–water partition coefficient (Wildman–Crippen LogP) is 6.74. The van der Waals surface area contributed by atoms with Gasteiger partial charge in [0.05, 0.1) is 0 Å². The van der Waals surface area contributed by atoms with Crippen molar-refractivity contribution in [3.63, 3.8) is 0 Å². The molecule has 0 spiro atoms. The largest absolute Gasteiger partial charge is 0.371 e. The molecule has 0 unspecified atom stereocenters. The minimum atomic E-state index is -1.12. The first-order valence-corrected chi connectivity index (χ1v) is 12.9. The van der Waals surface area contributed by atoms with Gasteiger partial charge in [0.25, 0.3) is 0 Å². The van der Waals surface area contributed by atoms with Crippen molar-refractivity contribution in [2.75, 3.05) is 32.7 Å². The van der Waals surface area contributed by atoms with E-state index in [0.717, 1.165) is 87.2 Å². The van der Waals surface area contributed by atoms with Crippen LogP contribution in [0.4, 0.5) is 8.78 Å². The topological polar surface area (TPSA) is 19.4 Å². The summed E-state index contributed by atoms with van der Waals surface area (Å²) in [6.07, 6.45) is 9.71. The molecule has 2 aliphatic rings. The fourth-order valence-corrected chi connectivity index (χ4v) is 5.32. The third-order valence-electron chi connectivity index (χ3n) is 7.29. The first-order valence-electron chi connectivity index (χ1n) is 12.9. The highest BCUT2D eigenvalue weighted by Crippen LogP contribution is 2.29. The number of hydrogen-bond acceptors (Lipinski definition) is 3. The Morgan fingerprint density at radius 1 is 1.03 bits per heavy atom. The molecule has 2 saturated heterocycles. The van der Waals surface area contributed by atoms with Gasteiger partial charge in [0.15, 0.2) is 0 Å². The van der Waals surface area contributed by atoms with Crippen LogP contribution < -0.4 is 0 Å². The summed E-state index contributed by atoms with van der Waals surface area (Å²) >= 11 is 0. The Bertz CT molecular complexity index is 950. The number of benzene rings is 1. The van der Waals surface area contributed by atoms with E-state index in [1.54, 1.807) is 19.9 Å². The van der Waals surface area contributed by atoms with Crippen LogP contribution in [0.5, 0.6) is 0 Å². The second-order valence-corrected chi connectivity index (χ2v) is 10.7. The van der Waals surface area contributed by atoms with Gasteiger partial charge in [-0.3, -0.25) is 4.98 Å². The molecule has 2 aliphatic heterocycles. The van der Waals surface area contributed by atoms with Gasteiger partial charge in [0, 0.05) is 48.3 Å². The summed E-state index contributed by atoms with van der Waals surface area (Å²) in [6, 6.07) is 9.53. The molecule has 1 aromatic carbocycles. The van der Waals surface area contributed by atoms with Crippen molar-refractivity contribution in [1.29, 1.82) is 0 Å². The lowest BCUT2D eigenvalue weighted by Crippen LogP contribution is -2.41. The smallest absolute Gasteiger partial charge is 0.133 e. The Hall–Kier alpha value is -2.27. The van der Waals surface area contributed by atoms with Crippen LogP contribution in [0.25, 0.3) is 16.8 Å². The minimum Gasteiger partial charge on any atom is -0.371 e. The van der Waals surface area contributed by atoms with Gasteiger partial charge in [-0.2, -0.15) is 0 Å². The van der Waals surface area contributed by atoms with Gasteiger partial charge in [-0.15, -0.1) is 0 Å². The summed E-state index contributed by atoms with van der Waals surface area (Å²) in [4.78, 5) is 9.10. The van der Waals surface area contributed by atoms with E-state index in [0.29, 0.717) is 18.0 Å². The Kier molecular flexibility index (Phi) is 8.02. The predicted molar refractivity (Wildman–Crippen MR) is 137 cm³/mol. The quantitative estimate of drug-likeness (QED) is 0.429. The number of aromatic nitrogens is 1. The molecule has 0 N–H and O–H groups in total. The van der Waals surface area contributed by atoms with Gasteiger partial charge in [-0.05, 0) is 102 Å². The van der Waals surface area contributed by atoms with Crippen LogP contribution in [-0.4, -0.2) is 53.2 Å². The average molecular weight is 468 g/mol. The van der Waals surface area contributed by atoms with Crippen LogP contribution in [-0.2, 0) is 6.42 Å². The highest BCUT2D eigenvalue weighted by Gasteiger charge is 2.25. The molecule has 0 aliphatic carbocycles. The molecule has 3 heterocycles. The lowest BCUT2D eigenvalue weighted by molar-refractivity contribution is 0.0942. The number of hydrogen-bond donors (Lipinski definition) is 0. The maximum atomic E-state index is 14.9. The maximum Gasteiger partial charge on any atom is 0.133 e. The molecule has 1 aromatic heterocycles. The summed E-state index contributed by atoms with van der Waals surface area (Å²) in [7, 11) is 0. The monoisotopic (exact) mass is 467 g/mol. The Balaban J connectivity index is 1.30. The molecular formula is C29H39F2N3. The summed E-state index contributed by atoms with van der Waals surface area (Å²) < 4.78 is 28.8. The minimum absolute atomic E-state index is 0.223. The summed E-state index contributed by atoms with van der Waals surface area (Å²) in [5, 5.41) is 0. The number of piperidine rings is 2. The zero-order chi connectivity index (χ0) is 24.1. The van der Waals surface area contributed by atoms with Crippen molar-refractivity contribution in [1.82, 2.24) is 14.8 Å². The number of nitrogens with zero attached hydrogens (tertiary/aromatic N) is 3.